The second-order valence-corrected chi connectivity index (χ2v) is 5.85. The molecule has 0 rings (SSSR count). The Morgan fingerprint density at radius 2 is 1.73 bits per heavy atom. The fourth-order valence-electron chi connectivity index (χ4n) is 2.00. The minimum atomic E-state index is -0.246. The van der Waals surface area contributed by atoms with E-state index in [-0.39, 0.29) is 18.3 Å². The molecule has 0 atom stereocenters. The number of esters is 1. The standard InChI is InChI=1S/C17H33NO4/c1-5-7-12-21-13-8-10-18(16(19)14-15(3)4)11-9-17(20)22-6-2/h15H,5-14H2,1-4H3. The number of ether oxygens (including phenoxy) is 2. The zero-order valence-corrected chi connectivity index (χ0v) is 14.7. The minimum Gasteiger partial charge on any atom is -0.466 e. The van der Waals surface area contributed by atoms with Crippen molar-refractivity contribution in [3.05, 3.63) is 0 Å². The van der Waals surface area contributed by atoms with Crippen LogP contribution in [0.15, 0.2) is 0 Å². The van der Waals surface area contributed by atoms with Crippen LogP contribution >= 0.6 is 0 Å². The molecule has 5 nitrogen and oxygen atoms in total. The first kappa shape index (κ1) is 20.9. The Kier molecular flexibility index (Phi) is 12.9. The van der Waals surface area contributed by atoms with E-state index < -0.39 is 0 Å². The number of nitrogens with zero attached hydrogens (tertiary/aromatic N) is 1. The molecule has 0 aliphatic heterocycles. The zero-order chi connectivity index (χ0) is 16.8. The van der Waals surface area contributed by atoms with Crippen molar-refractivity contribution in [2.24, 2.45) is 5.92 Å². The van der Waals surface area contributed by atoms with Gasteiger partial charge in [0.25, 0.3) is 0 Å². The highest BCUT2D eigenvalue weighted by Gasteiger charge is 2.16. The minimum absolute atomic E-state index is 0.104. The summed E-state index contributed by atoms with van der Waals surface area (Å²) in [6.45, 7) is 10.8. The number of carbonyl (C=O) groups is 2. The van der Waals surface area contributed by atoms with Crippen molar-refractivity contribution < 1.29 is 19.1 Å². The summed E-state index contributed by atoms with van der Waals surface area (Å²) >= 11 is 0. The quantitative estimate of drug-likeness (QED) is 0.387. The summed E-state index contributed by atoms with van der Waals surface area (Å²) in [5.41, 5.74) is 0. The van der Waals surface area contributed by atoms with Crippen LogP contribution in [0.5, 0.6) is 0 Å². The molecule has 0 N–H and O–H groups in total. The molecule has 0 saturated carbocycles. The van der Waals surface area contributed by atoms with Gasteiger partial charge in [-0.2, -0.15) is 0 Å². The summed E-state index contributed by atoms with van der Waals surface area (Å²) in [4.78, 5) is 25.4. The fraction of sp³-hybridized carbons (Fsp3) is 0.882. The van der Waals surface area contributed by atoms with Crippen molar-refractivity contribution in [2.75, 3.05) is 32.9 Å². The second kappa shape index (κ2) is 13.6. The van der Waals surface area contributed by atoms with Crippen LogP contribution in [-0.2, 0) is 19.1 Å². The van der Waals surface area contributed by atoms with Crippen LogP contribution in [0, 0.1) is 5.92 Å². The molecule has 0 radical (unpaired) electrons. The average Bonchev–Trinajstić information content (AvgIpc) is 2.45. The van der Waals surface area contributed by atoms with Crippen LogP contribution in [0.3, 0.4) is 0 Å². The van der Waals surface area contributed by atoms with Crippen LogP contribution in [-0.4, -0.2) is 49.7 Å². The predicted octanol–water partition coefficient (Wildman–Crippen LogP) is 3.02. The maximum Gasteiger partial charge on any atom is 0.307 e. The number of carbonyl (C=O) groups excluding carboxylic acids is 2. The third-order valence-corrected chi connectivity index (χ3v) is 3.19. The highest BCUT2D eigenvalue weighted by molar-refractivity contribution is 5.77. The smallest absolute Gasteiger partial charge is 0.307 e. The summed E-state index contributed by atoms with van der Waals surface area (Å²) < 4.78 is 10.4. The van der Waals surface area contributed by atoms with Gasteiger partial charge in [0.05, 0.1) is 13.0 Å². The van der Waals surface area contributed by atoms with Gasteiger partial charge in [-0.05, 0) is 25.7 Å². The first-order chi connectivity index (χ1) is 10.5. The van der Waals surface area contributed by atoms with Crippen molar-refractivity contribution in [2.45, 2.75) is 59.8 Å². The molecule has 22 heavy (non-hydrogen) atoms. The Labute approximate surface area is 135 Å². The lowest BCUT2D eigenvalue weighted by Gasteiger charge is -2.23. The normalized spacial score (nSPS) is 10.8. The van der Waals surface area contributed by atoms with Gasteiger partial charge in [-0.3, -0.25) is 9.59 Å². The Hall–Kier alpha value is -1.10. The van der Waals surface area contributed by atoms with Crippen molar-refractivity contribution in [1.29, 1.82) is 0 Å². The van der Waals surface area contributed by atoms with E-state index in [2.05, 4.69) is 6.92 Å². The molecule has 0 unspecified atom stereocenters. The van der Waals surface area contributed by atoms with E-state index in [0.29, 0.717) is 38.6 Å². The van der Waals surface area contributed by atoms with E-state index >= 15 is 0 Å². The summed E-state index contributed by atoms with van der Waals surface area (Å²) in [6.07, 6.45) is 3.77. The predicted molar refractivity (Wildman–Crippen MR) is 87.6 cm³/mol. The van der Waals surface area contributed by atoms with Gasteiger partial charge in [0.15, 0.2) is 0 Å². The lowest BCUT2D eigenvalue weighted by Crippen LogP contribution is -2.35. The molecule has 0 aromatic heterocycles. The van der Waals surface area contributed by atoms with Crippen LogP contribution < -0.4 is 0 Å². The number of amides is 1. The largest absolute Gasteiger partial charge is 0.466 e. The first-order valence-corrected chi connectivity index (χ1v) is 8.52. The average molecular weight is 315 g/mol. The highest BCUT2D eigenvalue weighted by atomic mass is 16.5. The van der Waals surface area contributed by atoms with Crippen molar-refractivity contribution in [3.8, 4) is 0 Å². The lowest BCUT2D eigenvalue weighted by molar-refractivity contribution is -0.144. The third-order valence-electron chi connectivity index (χ3n) is 3.19. The van der Waals surface area contributed by atoms with Gasteiger partial charge >= 0.3 is 5.97 Å². The van der Waals surface area contributed by atoms with Gasteiger partial charge in [0.2, 0.25) is 5.91 Å². The van der Waals surface area contributed by atoms with E-state index in [4.69, 9.17) is 9.47 Å². The molecule has 0 saturated heterocycles. The summed E-state index contributed by atoms with van der Waals surface area (Å²) in [5, 5.41) is 0. The number of rotatable bonds is 13. The van der Waals surface area contributed by atoms with E-state index in [9.17, 15) is 9.59 Å². The van der Waals surface area contributed by atoms with Crippen LogP contribution in [0.25, 0.3) is 0 Å². The molecule has 0 aliphatic rings. The molecule has 0 aromatic carbocycles. The molecular formula is C17H33NO4. The van der Waals surface area contributed by atoms with E-state index in [1.165, 1.54) is 0 Å². The topological polar surface area (TPSA) is 55.8 Å². The highest BCUT2D eigenvalue weighted by Crippen LogP contribution is 2.06. The van der Waals surface area contributed by atoms with Crippen LogP contribution in [0.1, 0.15) is 59.8 Å². The fourth-order valence-corrected chi connectivity index (χ4v) is 2.00. The van der Waals surface area contributed by atoms with Crippen LogP contribution in [0.4, 0.5) is 0 Å². The molecule has 0 bridgehead atoms. The molecule has 0 aromatic rings. The Balaban J connectivity index is 4.16. The van der Waals surface area contributed by atoms with Crippen molar-refractivity contribution in [1.82, 2.24) is 4.90 Å². The van der Waals surface area contributed by atoms with Gasteiger partial charge in [-0.1, -0.05) is 27.2 Å². The molecule has 0 fully saturated rings. The number of unbranched alkanes of at least 4 members (excludes halogenated alkanes) is 1. The van der Waals surface area contributed by atoms with Crippen LogP contribution in [0.2, 0.25) is 0 Å². The second-order valence-electron chi connectivity index (χ2n) is 5.85. The van der Waals surface area contributed by atoms with Gasteiger partial charge in [0.1, 0.15) is 0 Å². The van der Waals surface area contributed by atoms with E-state index in [0.717, 1.165) is 25.9 Å². The maximum atomic E-state index is 12.2. The molecule has 0 aliphatic carbocycles. The first-order valence-electron chi connectivity index (χ1n) is 8.52. The number of hydrogen-bond acceptors (Lipinski definition) is 4. The van der Waals surface area contributed by atoms with Gasteiger partial charge < -0.3 is 14.4 Å². The van der Waals surface area contributed by atoms with Gasteiger partial charge in [-0.25, -0.2) is 0 Å². The van der Waals surface area contributed by atoms with Gasteiger partial charge in [0, 0.05) is 32.7 Å². The SMILES string of the molecule is CCCCOCCCN(CCC(=O)OCC)C(=O)CC(C)C. The summed E-state index contributed by atoms with van der Waals surface area (Å²) in [6, 6.07) is 0. The Morgan fingerprint density at radius 3 is 2.32 bits per heavy atom. The third kappa shape index (κ3) is 11.5. The maximum absolute atomic E-state index is 12.2. The Morgan fingerprint density at radius 1 is 1.05 bits per heavy atom. The van der Waals surface area contributed by atoms with Crippen molar-refractivity contribution >= 4 is 11.9 Å². The van der Waals surface area contributed by atoms with E-state index in [1.54, 1.807) is 11.8 Å². The molecular weight excluding hydrogens is 282 g/mol. The van der Waals surface area contributed by atoms with E-state index in [1.807, 2.05) is 13.8 Å². The zero-order valence-electron chi connectivity index (χ0n) is 14.7. The Bertz CT molecular complexity index is 305. The lowest BCUT2D eigenvalue weighted by atomic mass is 10.1. The molecule has 130 valence electrons. The molecule has 1 amide bonds. The molecule has 0 heterocycles. The summed E-state index contributed by atoms with van der Waals surface area (Å²) in [7, 11) is 0. The van der Waals surface area contributed by atoms with Gasteiger partial charge in [-0.15, -0.1) is 0 Å². The number of hydrogen-bond donors (Lipinski definition) is 0. The summed E-state index contributed by atoms with van der Waals surface area (Å²) in [5.74, 6) is 0.176. The monoisotopic (exact) mass is 315 g/mol. The van der Waals surface area contributed by atoms with Crippen molar-refractivity contribution in [3.63, 3.8) is 0 Å². The molecule has 5 heteroatoms. The molecule has 0 spiro atoms.